The molecule has 1 aromatic rings. The minimum absolute atomic E-state index is 0.368. The summed E-state index contributed by atoms with van der Waals surface area (Å²) >= 11 is 0. The summed E-state index contributed by atoms with van der Waals surface area (Å²) < 4.78 is 0. The van der Waals surface area contributed by atoms with E-state index in [4.69, 9.17) is 0 Å². The summed E-state index contributed by atoms with van der Waals surface area (Å²) in [6.07, 6.45) is 0. The van der Waals surface area contributed by atoms with E-state index in [1.807, 2.05) is 0 Å². The smallest absolute Gasteiger partial charge is 0.140 e. The fourth-order valence-electron chi connectivity index (χ4n) is 1.15. The Morgan fingerprint density at radius 3 is 2.55 bits per heavy atom. The highest BCUT2D eigenvalue weighted by molar-refractivity contribution is 6.04. The van der Waals surface area contributed by atoms with Crippen LogP contribution in [0.25, 0.3) is 0 Å². The molecular formula is C9H12NSi. The lowest BCUT2D eigenvalue weighted by atomic mass is 10.0. The second-order valence-electron chi connectivity index (χ2n) is 2.72. The summed E-state index contributed by atoms with van der Waals surface area (Å²) in [5.74, 6) is 0. The van der Waals surface area contributed by atoms with Crippen LogP contribution in [0.1, 0.15) is 24.1 Å². The van der Waals surface area contributed by atoms with Crippen molar-refractivity contribution < 1.29 is 0 Å². The lowest BCUT2D eigenvalue weighted by Gasteiger charge is -2.12. The van der Waals surface area contributed by atoms with E-state index in [1.54, 1.807) is 0 Å². The average Bonchev–Trinajstić information content (AvgIpc) is 2.04. The Labute approximate surface area is 71.3 Å². The van der Waals surface area contributed by atoms with Gasteiger partial charge in [-0.2, -0.15) is 0 Å². The molecule has 1 aromatic carbocycles. The van der Waals surface area contributed by atoms with Crippen molar-refractivity contribution in [2.75, 3.05) is 0 Å². The van der Waals surface area contributed by atoms with E-state index in [-0.39, 0.29) is 0 Å². The van der Waals surface area contributed by atoms with E-state index < -0.39 is 0 Å². The second kappa shape index (κ2) is 3.69. The molecule has 0 amide bonds. The number of rotatable bonds is 2. The predicted octanol–water partition coefficient (Wildman–Crippen LogP) is 1.73. The van der Waals surface area contributed by atoms with Gasteiger partial charge in [0.1, 0.15) is 10.4 Å². The Balaban J connectivity index is 2.93. The van der Waals surface area contributed by atoms with E-state index in [1.165, 1.54) is 11.1 Å². The van der Waals surface area contributed by atoms with Crippen molar-refractivity contribution in [1.82, 2.24) is 4.98 Å². The molecule has 0 aliphatic heterocycles. The van der Waals surface area contributed by atoms with E-state index >= 15 is 0 Å². The minimum Gasteiger partial charge on any atom is -0.334 e. The zero-order valence-corrected chi connectivity index (χ0v) is 7.89. The summed E-state index contributed by atoms with van der Waals surface area (Å²) in [5, 5.41) is 0. The minimum atomic E-state index is 0.368. The van der Waals surface area contributed by atoms with Crippen LogP contribution >= 0.6 is 0 Å². The van der Waals surface area contributed by atoms with E-state index in [9.17, 15) is 0 Å². The summed E-state index contributed by atoms with van der Waals surface area (Å²) in [6.45, 7) is 4.24. The van der Waals surface area contributed by atoms with E-state index in [0.717, 1.165) is 0 Å². The second-order valence-corrected chi connectivity index (χ2v) is 3.01. The molecular weight excluding hydrogens is 150 g/mol. The molecule has 3 radical (unpaired) electrons. The van der Waals surface area contributed by atoms with Crippen LogP contribution in [0.15, 0.2) is 24.3 Å². The first-order valence-corrected chi connectivity index (χ1v) is 4.23. The van der Waals surface area contributed by atoms with Gasteiger partial charge in [0.25, 0.3) is 0 Å². The average molecular weight is 162 g/mol. The highest BCUT2D eigenvalue weighted by Gasteiger charge is 2.02. The van der Waals surface area contributed by atoms with Crippen molar-refractivity contribution in [1.29, 1.82) is 0 Å². The maximum atomic E-state index is 3.28. The molecule has 57 valence electrons. The molecule has 1 N–H and O–H groups in total. The molecule has 0 fully saturated rings. The van der Waals surface area contributed by atoms with Crippen LogP contribution in [0.4, 0.5) is 0 Å². The molecule has 0 saturated heterocycles. The fourth-order valence-corrected chi connectivity index (χ4v) is 1.31. The zero-order valence-electron chi connectivity index (χ0n) is 6.89. The molecule has 0 heterocycles. The van der Waals surface area contributed by atoms with Crippen molar-refractivity contribution in [2.24, 2.45) is 0 Å². The number of benzene rings is 1. The van der Waals surface area contributed by atoms with Gasteiger partial charge in [-0.05, 0) is 25.0 Å². The first-order chi connectivity index (χ1) is 5.25. The van der Waals surface area contributed by atoms with Crippen LogP contribution in [0, 0.1) is 6.92 Å². The third-order valence-corrected chi connectivity index (χ3v) is 2.30. The van der Waals surface area contributed by atoms with Crippen molar-refractivity contribution >= 4 is 10.4 Å². The third kappa shape index (κ3) is 1.91. The summed E-state index contributed by atoms with van der Waals surface area (Å²) in [4.78, 5) is 3.03. The molecule has 1 atom stereocenters. The molecule has 1 nitrogen and oxygen atoms in total. The van der Waals surface area contributed by atoms with Crippen molar-refractivity contribution in [3.63, 3.8) is 0 Å². The van der Waals surface area contributed by atoms with Crippen LogP contribution in [-0.4, -0.2) is 10.4 Å². The number of hydrogen-bond donors (Lipinski definition) is 1. The Kier molecular flexibility index (Phi) is 2.85. The topological polar surface area (TPSA) is 12.0 Å². The molecule has 11 heavy (non-hydrogen) atoms. The van der Waals surface area contributed by atoms with Gasteiger partial charge in [0.2, 0.25) is 0 Å². The van der Waals surface area contributed by atoms with Gasteiger partial charge < -0.3 is 4.98 Å². The van der Waals surface area contributed by atoms with Gasteiger partial charge in [0.15, 0.2) is 0 Å². The molecule has 1 rings (SSSR count). The largest absolute Gasteiger partial charge is 0.334 e. The van der Waals surface area contributed by atoms with Gasteiger partial charge in [-0.25, -0.2) is 0 Å². The maximum absolute atomic E-state index is 3.28. The zero-order chi connectivity index (χ0) is 8.27. The predicted molar refractivity (Wildman–Crippen MR) is 48.5 cm³/mol. The van der Waals surface area contributed by atoms with Crippen LogP contribution in [0.2, 0.25) is 0 Å². The molecule has 0 saturated carbocycles. The standard InChI is InChI=1S/C9H12NSi/c1-7-5-3-4-6-9(7)8(2)10-11/h3-6,8,10H,1-2H3. The Hall–Kier alpha value is -0.603. The normalized spacial score (nSPS) is 13.0. The molecule has 0 spiro atoms. The van der Waals surface area contributed by atoms with Crippen LogP contribution in [0.5, 0.6) is 0 Å². The van der Waals surface area contributed by atoms with Gasteiger partial charge in [0.05, 0.1) is 0 Å². The molecule has 2 heteroatoms. The fraction of sp³-hybridized carbons (Fsp3) is 0.333. The number of aryl methyl sites for hydroxylation is 1. The lowest BCUT2D eigenvalue weighted by molar-refractivity contribution is 0.738. The number of hydrogen-bond acceptors (Lipinski definition) is 1. The molecule has 1 unspecified atom stereocenters. The van der Waals surface area contributed by atoms with Crippen molar-refractivity contribution in [2.45, 2.75) is 19.9 Å². The van der Waals surface area contributed by atoms with Gasteiger partial charge in [-0.1, -0.05) is 24.3 Å². The van der Waals surface area contributed by atoms with E-state index in [0.29, 0.717) is 6.04 Å². The summed E-state index contributed by atoms with van der Waals surface area (Å²) in [6, 6.07) is 8.73. The van der Waals surface area contributed by atoms with Crippen LogP contribution < -0.4 is 4.98 Å². The highest BCUT2D eigenvalue weighted by Crippen LogP contribution is 2.15. The monoisotopic (exact) mass is 162 g/mol. The van der Waals surface area contributed by atoms with Gasteiger partial charge in [-0.3, -0.25) is 0 Å². The number of nitrogens with one attached hydrogen (secondary N) is 1. The summed E-state index contributed by atoms with van der Waals surface area (Å²) in [7, 11) is 3.28. The Bertz CT molecular complexity index is 235. The third-order valence-electron chi connectivity index (χ3n) is 1.87. The highest BCUT2D eigenvalue weighted by atomic mass is 28.2. The van der Waals surface area contributed by atoms with E-state index in [2.05, 4.69) is 53.5 Å². The Morgan fingerprint density at radius 1 is 1.36 bits per heavy atom. The van der Waals surface area contributed by atoms with Gasteiger partial charge >= 0.3 is 0 Å². The molecule has 0 aliphatic carbocycles. The quantitative estimate of drug-likeness (QED) is 0.653. The van der Waals surface area contributed by atoms with Crippen molar-refractivity contribution in [3.05, 3.63) is 35.4 Å². The van der Waals surface area contributed by atoms with Gasteiger partial charge in [0, 0.05) is 6.04 Å². The first-order valence-electron chi connectivity index (χ1n) is 3.73. The van der Waals surface area contributed by atoms with Crippen LogP contribution in [-0.2, 0) is 0 Å². The maximum Gasteiger partial charge on any atom is 0.140 e. The molecule has 0 aromatic heterocycles. The molecule has 0 bridgehead atoms. The van der Waals surface area contributed by atoms with Crippen molar-refractivity contribution in [3.8, 4) is 0 Å². The van der Waals surface area contributed by atoms with Gasteiger partial charge in [-0.15, -0.1) is 0 Å². The Morgan fingerprint density at radius 2 is 2.00 bits per heavy atom. The first kappa shape index (κ1) is 8.49. The molecule has 0 aliphatic rings. The SMILES string of the molecule is Cc1ccccc1C(C)N[Si]. The lowest BCUT2D eigenvalue weighted by Crippen LogP contribution is -2.14. The summed E-state index contributed by atoms with van der Waals surface area (Å²) in [5.41, 5.74) is 2.66. The van der Waals surface area contributed by atoms with Crippen LogP contribution in [0.3, 0.4) is 0 Å².